The minimum Gasteiger partial charge on any atom is -0.463 e. The molecule has 0 aliphatic heterocycles. The van der Waals surface area contributed by atoms with Crippen molar-refractivity contribution in [2.45, 2.75) is 19.8 Å². The van der Waals surface area contributed by atoms with Crippen LogP contribution in [0.2, 0.25) is 0 Å². The van der Waals surface area contributed by atoms with Gasteiger partial charge < -0.3 is 15.8 Å². The number of hydrogen-bond acceptors (Lipinski definition) is 7. The first-order valence-electron chi connectivity index (χ1n) is 6.30. The van der Waals surface area contributed by atoms with Crippen molar-refractivity contribution in [3.8, 4) is 6.01 Å². The summed E-state index contributed by atoms with van der Waals surface area (Å²) in [7, 11) is 0. The molecule has 2 aromatic rings. The maximum Gasteiger partial charge on any atom is 0.323 e. The average Bonchev–Trinajstić information content (AvgIpc) is 2.81. The zero-order chi connectivity index (χ0) is 14.4. The van der Waals surface area contributed by atoms with Crippen molar-refractivity contribution in [3.63, 3.8) is 0 Å². The van der Waals surface area contributed by atoms with Gasteiger partial charge in [-0.1, -0.05) is 6.92 Å². The van der Waals surface area contributed by atoms with Gasteiger partial charge in [0.25, 0.3) is 0 Å². The molecule has 0 saturated heterocycles. The van der Waals surface area contributed by atoms with Crippen molar-refractivity contribution in [1.82, 2.24) is 15.0 Å². The van der Waals surface area contributed by atoms with Crippen LogP contribution in [-0.2, 0) is 6.42 Å². The van der Waals surface area contributed by atoms with Crippen molar-refractivity contribution in [1.29, 1.82) is 0 Å². The number of thiophene rings is 1. The molecular formula is C12H16BrN5OS. The van der Waals surface area contributed by atoms with Crippen LogP contribution >= 0.6 is 27.3 Å². The molecule has 8 heteroatoms. The van der Waals surface area contributed by atoms with Crippen LogP contribution in [0.4, 0.5) is 11.9 Å². The summed E-state index contributed by atoms with van der Waals surface area (Å²) < 4.78 is 6.49. The van der Waals surface area contributed by atoms with Crippen LogP contribution in [0, 0.1) is 0 Å². The molecule has 0 aromatic carbocycles. The second-order valence-electron chi connectivity index (χ2n) is 4.03. The van der Waals surface area contributed by atoms with Crippen molar-refractivity contribution < 1.29 is 4.74 Å². The van der Waals surface area contributed by atoms with E-state index in [9.17, 15) is 0 Å². The second kappa shape index (κ2) is 7.39. The highest BCUT2D eigenvalue weighted by atomic mass is 79.9. The van der Waals surface area contributed by atoms with Crippen LogP contribution in [0.1, 0.15) is 18.2 Å². The second-order valence-corrected chi connectivity index (χ2v) is 6.58. The Labute approximate surface area is 129 Å². The van der Waals surface area contributed by atoms with E-state index in [0.717, 1.165) is 23.2 Å². The lowest BCUT2D eigenvalue weighted by Gasteiger charge is -2.07. The number of halogens is 1. The summed E-state index contributed by atoms with van der Waals surface area (Å²) in [6.45, 7) is 3.30. The van der Waals surface area contributed by atoms with Crippen LogP contribution in [0.3, 0.4) is 0 Å². The van der Waals surface area contributed by atoms with E-state index in [2.05, 4.69) is 42.3 Å². The third-order valence-electron chi connectivity index (χ3n) is 2.35. The fourth-order valence-corrected chi connectivity index (χ4v) is 2.98. The molecule has 0 aliphatic rings. The molecule has 2 heterocycles. The lowest BCUT2D eigenvalue weighted by atomic mass is 10.3. The summed E-state index contributed by atoms with van der Waals surface area (Å²) >= 11 is 5.16. The summed E-state index contributed by atoms with van der Waals surface area (Å²) in [5.41, 5.74) is 5.63. The molecule has 0 amide bonds. The molecule has 0 aliphatic carbocycles. The fourth-order valence-electron chi connectivity index (χ4n) is 1.49. The number of nitrogens with one attached hydrogen (secondary N) is 1. The van der Waals surface area contributed by atoms with E-state index in [1.165, 1.54) is 4.88 Å². The highest BCUT2D eigenvalue weighted by Crippen LogP contribution is 2.22. The SMILES string of the molecule is CCCOc1nc(N)nc(NCCc2ccc(Br)s2)n1. The zero-order valence-electron chi connectivity index (χ0n) is 11.1. The van der Waals surface area contributed by atoms with Gasteiger partial charge >= 0.3 is 6.01 Å². The lowest BCUT2D eigenvalue weighted by molar-refractivity contribution is 0.292. The summed E-state index contributed by atoms with van der Waals surface area (Å²) in [5.74, 6) is 0.603. The molecule has 0 radical (unpaired) electrons. The quantitative estimate of drug-likeness (QED) is 0.792. The number of anilines is 2. The maximum atomic E-state index is 5.63. The molecule has 2 aromatic heterocycles. The van der Waals surface area contributed by atoms with Crippen molar-refractivity contribution >= 4 is 39.2 Å². The van der Waals surface area contributed by atoms with Crippen LogP contribution in [0.15, 0.2) is 15.9 Å². The number of aromatic nitrogens is 3. The Balaban J connectivity index is 1.89. The smallest absolute Gasteiger partial charge is 0.323 e. The van der Waals surface area contributed by atoms with Crippen LogP contribution in [-0.4, -0.2) is 28.1 Å². The Hall–Kier alpha value is -1.41. The molecule has 0 saturated carbocycles. The molecule has 108 valence electrons. The molecule has 6 nitrogen and oxygen atoms in total. The molecule has 2 rings (SSSR count). The molecular weight excluding hydrogens is 342 g/mol. The van der Waals surface area contributed by atoms with E-state index in [4.69, 9.17) is 10.5 Å². The number of hydrogen-bond donors (Lipinski definition) is 2. The van der Waals surface area contributed by atoms with E-state index in [-0.39, 0.29) is 12.0 Å². The first-order valence-corrected chi connectivity index (χ1v) is 7.90. The molecule has 0 unspecified atom stereocenters. The topological polar surface area (TPSA) is 86.0 Å². The number of nitrogens with two attached hydrogens (primary N) is 1. The molecule has 20 heavy (non-hydrogen) atoms. The molecule has 0 atom stereocenters. The summed E-state index contributed by atoms with van der Waals surface area (Å²) in [4.78, 5) is 13.4. The highest BCUT2D eigenvalue weighted by molar-refractivity contribution is 9.11. The van der Waals surface area contributed by atoms with Gasteiger partial charge in [0.15, 0.2) is 0 Å². The first kappa shape index (κ1) is 15.0. The Morgan fingerprint density at radius 3 is 2.90 bits per heavy atom. The lowest BCUT2D eigenvalue weighted by Crippen LogP contribution is -2.11. The van der Waals surface area contributed by atoms with Gasteiger partial charge in [-0.2, -0.15) is 15.0 Å². The predicted octanol–water partition coefficient (Wildman–Crippen LogP) is 2.72. The van der Waals surface area contributed by atoms with Crippen molar-refractivity contribution in [2.24, 2.45) is 0 Å². The number of nitrogens with zero attached hydrogens (tertiary/aromatic N) is 3. The van der Waals surface area contributed by atoms with Gasteiger partial charge in [-0.05, 0) is 40.9 Å². The standard InChI is InChI=1S/C12H16BrN5OS/c1-2-7-19-12-17-10(14)16-11(18-12)15-6-5-8-3-4-9(13)20-8/h3-4H,2,5-7H2,1H3,(H3,14,15,16,17,18). The molecule has 0 fully saturated rings. The first-order chi connectivity index (χ1) is 9.67. The molecule has 0 spiro atoms. The van der Waals surface area contributed by atoms with Crippen LogP contribution in [0.25, 0.3) is 0 Å². The van der Waals surface area contributed by atoms with E-state index in [1.807, 2.05) is 13.0 Å². The largest absolute Gasteiger partial charge is 0.463 e. The third kappa shape index (κ3) is 4.61. The monoisotopic (exact) mass is 357 g/mol. The van der Waals surface area contributed by atoms with E-state index in [1.54, 1.807) is 11.3 Å². The third-order valence-corrected chi connectivity index (χ3v) is 4.03. The summed E-state index contributed by atoms with van der Waals surface area (Å²) in [5, 5.41) is 3.13. The maximum absolute atomic E-state index is 5.63. The Bertz CT molecular complexity index is 563. The number of ether oxygens (including phenoxy) is 1. The molecule has 3 N–H and O–H groups in total. The van der Waals surface area contributed by atoms with Gasteiger partial charge in [-0.25, -0.2) is 0 Å². The Kier molecular flexibility index (Phi) is 5.54. The fraction of sp³-hybridized carbons (Fsp3) is 0.417. The Morgan fingerprint density at radius 1 is 1.35 bits per heavy atom. The van der Waals surface area contributed by atoms with E-state index in [0.29, 0.717) is 12.6 Å². The minimum atomic E-state index is 0.160. The Morgan fingerprint density at radius 2 is 2.20 bits per heavy atom. The van der Waals surface area contributed by atoms with Crippen LogP contribution in [0.5, 0.6) is 6.01 Å². The van der Waals surface area contributed by atoms with Gasteiger partial charge in [0.2, 0.25) is 11.9 Å². The zero-order valence-corrected chi connectivity index (χ0v) is 13.5. The van der Waals surface area contributed by atoms with Gasteiger partial charge in [0.1, 0.15) is 0 Å². The minimum absolute atomic E-state index is 0.160. The number of rotatable bonds is 7. The van der Waals surface area contributed by atoms with E-state index < -0.39 is 0 Å². The summed E-state index contributed by atoms with van der Waals surface area (Å²) in [6, 6.07) is 4.40. The van der Waals surface area contributed by atoms with Gasteiger partial charge in [0, 0.05) is 11.4 Å². The predicted molar refractivity (Wildman–Crippen MR) is 84.2 cm³/mol. The van der Waals surface area contributed by atoms with Crippen molar-refractivity contribution in [2.75, 3.05) is 24.2 Å². The average molecular weight is 358 g/mol. The van der Waals surface area contributed by atoms with Gasteiger partial charge in [-0.15, -0.1) is 11.3 Å². The highest BCUT2D eigenvalue weighted by Gasteiger charge is 2.05. The normalized spacial score (nSPS) is 10.5. The van der Waals surface area contributed by atoms with Crippen LogP contribution < -0.4 is 15.8 Å². The van der Waals surface area contributed by atoms with E-state index >= 15 is 0 Å². The summed E-state index contributed by atoms with van der Waals surface area (Å²) in [6.07, 6.45) is 1.79. The van der Waals surface area contributed by atoms with Crippen molar-refractivity contribution in [3.05, 3.63) is 20.8 Å². The number of nitrogen functional groups attached to an aromatic ring is 1. The molecule has 0 bridgehead atoms. The van der Waals surface area contributed by atoms with Gasteiger partial charge in [-0.3, -0.25) is 0 Å². The van der Waals surface area contributed by atoms with Gasteiger partial charge in [0.05, 0.1) is 10.4 Å².